The smallest absolute Gasteiger partial charge is 0.251 e. The van der Waals surface area contributed by atoms with Crippen molar-refractivity contribution in [2.45, 2.75) is 12.5 Å². The molecule has 0 saturated carbocycles. The summed E-state index contributed by atoms with van der Waals surface area (Å²) in [4.78, 5) is 25.2. The van der Waals surface area contributed by atoms with E-state index >= 15 is 0 Å². The van der Waals surface area contributed by atoms with Crippen LogP contribution in [-0.2, 0) is 4.79 Å². The van der Waals surface area contributed by atoms with Gasteiger partial charge in [-0.15, -0.1) is 0 Å². The normalized spacial score (nSPS) is 11.8. The standard InChI is InChI=1S/C27H22FN3O3/c28-22-13-11-20(12-14-22)25-16-15-23(34-25)18-29-31-26(32)17-24(19-7-3-1-4-8-19)30-27(33)21-9-5-2-6-10-21/h1-16,18,24H,17H2,(H,30,33)(H,31,32)/b29-18-/t24-/m0/s1. The Morgan fingerprint density at radius 1 is 0.882 bits per heavy atom. The first kappa shape index (κ1) is 22.7. The van der Waals surface area contributed by atoms with Gasteiger partial charge < -0.3 is 9.73 Å². The lowest BCUT2D eigenvalue weighted by Crippen LogP contribution is -2.32. The minimum absolute atomic E-state index is 0.00108. The number of rotatable bonds is 8. The molecule has 6 nitrogen and oxygen atoms in total. The van der Waals surface area contributed by atoms with Crippen LogP contribution in [0.3, 0.4) is 0 Å². The molecule has 0 radical (unpaired) electrons. The molecule has 0 spiro atoms. The van der Waals surface area contributed by atoms with Gasteiger partial charge in [0.1, 0.15) is 17.3 Å². The largest absolute Gasteiger partial charge is 0.455 e. The molecule has 0 aliphatic carbocycles. The number of nitrogens with zero attached hydrogens (tertiary/aromatic N) is 1. The molecule has 0 aliphatic rings. The third kappa shape index (κ3) is 6.04. The lowest BCUT2D eigenvalue weighted by molar-refractivity contribution is -0.121. The summed E-state index contributed by atoms with van der Waals surface area (Å²) < 4.78 is 18.8. The van der Waals surface area contributed by atoms with Gasteiger partial charge in [0, 0.05) is 11.1 Å². The van der Waals surface area contributed by atoms with Gasteiger partial charge in [0.25, 0.3) is 5.91 Å². The minimum Gasteiger partial charge on any atom is -0.455 e. The minimum atomic E-state index is -0.530. The highest BCUT2D eigenvalue weighted by molar-refractivity contribution is 5.94. The number of hydrazone groups is 1. The molecule has 170 valence electrons. The molecule has 2 amide bonds. The van der Waals surface area contributed by atoms with Gasteiger partial charge in [-0.1, -0.05) is 48.5 Å². The first-order valence-electron chi connectivity index (χ1n) is 10.7. The zero-order valence-electron chi connectivity index (χ0n) is 18.1. The zero-order chi connectivity index (χ0) is 23.8. The highest BCUT2D eigenvalue weighted by Crippen LogP contribution is 2.22. The lowest BCUT2D eigenvalue weighted by Gasteiger charge is -2.18. The second-order valence-corrected chi connectivity index (χ2v) is 7.51. The molecule has 4 aromatic rings. The Balaban J connectivity index is 1.38. The van der Waals surface area contributed by atoms with E-state index in [9.17, 15) is 14.0 Å². The van der Waals surface area contributed by atoms with Gasteiger partial charge in [-0.3, -0.25) is 9.59 Å². The Labute approximate surface area is 196 Å². The predicted octanol–water partition coefficient (Wildman–Crippen LogP) is 5.10. The number of carbonyl (C=O) groups is 2. The van der Waals surface area contributed by atoms with Crippen LogP contribution < -0.4 is 10.7 Å². The number of benzene rings is 3. The molecule has 1 aromatic heterocycles. The van der Waals surface area contributed by atoms with Crippen molar-refractivity contribution in [2.75, 3.05) is 0 Å². The first-order chi connectivity index (χ1) is 16.6. The van der Waals surface area contributed by atoms with Gasteiger partial charge in [0.2, 0.25) is 5.91 Å². The Kier molecular flexibility index (Phi) is 7.25. The molecule has 0 bridgehead atoms. The highest BCUT2D eigenvalue weighted by Gasteiger charge is 2.19. The Morgan fingerprint density at radius 2 is 1.56 bits per heavy atom. The highest BCUT2D eigenvalue weighted by atomic mass is 19.1. The topological polar surface area (TPSA) is 83.7 Å². The number of carbonyl (C=O) groups excluding carboxylic acids is 2. The maximum Gasteiger partial charge on any atom is 0.251 e. The summed E-state index contributed by atoms with van der Waals surface area (Å²) in [5.41, 5.74) is 4.51. The molecule has 1 heterocycles. The molecule has 34 heavy (non-hydrogen) atoms. The van der Waals surface area contributed by atoms with Crippen molar-refractivity contribution in [3.63, 3.8) is 0 Å². The summed E-state index contributed by atoms with van der Waals surface area (Å²) in [6, 6.07) is 26.9. The predicted molar refractivity (Wildman–Crippen MR) is 128 cm³/mol. The lowest BCUT2D eigenvalue weighted by atomic mass is 10.0. The van der Waals surface area contributed by atoms with E-state index in [0.717, 1.165) is 11.1 Å². The molecule has 0 unspecified atom stereocenters. The van der Waals surface area contributed by atoms with Crippen LogP contribution in [0.25, 0.3) is 11.3 Å². The molecule has 0 saturated heterocycles. The van der Waals surface area contributed by atoms with E-state index < -0.39 is 6.04 Å². The van der Waals surface area contributed by atoms with Crippen LogP contribution in [0.5, 0.6) is 0 Å². The van der Waals surface area contributed by atoms with Gasteiger partial charge in [-0.2, -0.15) is 5.10 Å². The number of halogens is 1. The molecule has 3 aromatic carbocycles. The van der Waals surface area contributed by atoms with Crippen molar-refractivity contribution in [1.29, 1.82) is 0 Å². The second kappa shape index (κ2) is 10.9. The fourth-order valence-electron chi connectivity index (χ4n) is 3.36. The maximum atomic E-state index is 13.1. The van der Waals surface area contributed by atoms with E-state index in [1.54, 1.807) is 48.5 Å². The molecule has 0 aliphatic heterocycles. The van der Waals surface area contributed by atoms with Crippen molar-refractivity contribution in [3.05, 3.63) is 120 Å². The Morgan fingerprint density at radius 3 is 2.26 bits per heavy atom. The molecule has 1 atom stereocenters. The Bertz CT molecular complexity index is 1270. The molecular weight excluding hydrogens is 433 g/mol. The van der Waals surface area contributed by atoms with Crippen LogP contribution in [0, 0.1) is 5.82 Å². The summed E-state index contributed by atoms with van der Waals surface area (Å²) in [5, 5.41) is 6.87. The fourth-order valence-corrected chi connectivity index (χ4v) is 3.36. The summed E-state index contributed by atoms with van der Waals surface area (Å²) in [7, 11) is 0. The van der Waals surface area contributed by atoms with Crippen molar-refractivity contribution in [1.82, 2.24) is 10.7 Å². The van der Waals surface area contributed by atoms with E-state index in [4.69, 9.17) is 4.42 Å². The number of hydrogen-bond donors (Lipinski definition) is 2. The van der Waals surface area contributed by atoms with Crippen LogP contribution in [0.4, 0.5) is 4.39 Å². The molecule has 4 rings (SSSR count). The van der Waals surface area contributed by atoms with Gasteiger partial charge in [0.05, 0.1) is 18.7 Å². The van der Waals surface area contributed by atoms with Crippen molar-refractivity contribution in [2.24, 2.45) is 5.10 Å². The number of amides is 2. The summed E-state index contributed by atoms with van der Waals surface area (Å²) in [6.45, 7) is 0. The average molecular weight is 455 g/mol. The van der Waals surface area contributed by atoms with E-state index in [1.165, 1.54) is 18.3 Å². The van der Waals surface area contributed by atoms with Crippen LogP contribution in [0.2, 0.25) is 0 Å². The number of hydrogen-bond acceptors (Lipinski definition) is 4. The summed E-state index contributed by atoms with van der Waals surface area (Å²) in [6.07, 6.45) is 1.38. The monoisotopic (exact) mass is 455 g/mol. The molecule has 0 fully saturated rings. The average Bonchev–Trinajstić information content (AvgIpc) is 3.34. The van der Waals surface area contributed by atoms with Gasteiger partial charge in [-0.25, -0.2) is 9.82 Å². The van der Waals surface area contributed by atoms with E-state index in [1.807, 2.05) is 36.4 Å². The fraction of sp³-hybridized carbons (Fsp3) is 0.0741. The number of furan rings is 1. The van der Waals surface area contributed by atoms with E-state index in [0.29, 0.717) is 17.1 Å². The first-order valence-corrected chi connectivity index (χ1v) is 10.7. The third-order valence-corrected chi connectivity index (χ3v) is 5.07. The SMILES string of the molecule is O=C(C[C@H](NC(=O)c1ccccc1)c1ccccc1)N/N=C\c1ccc(-c2ccc(F)cc2)o1. The van der Waals surface area contributed by atoms with Crippen molar-refractivity contribution >= 4 is 18.0 Å². The van der Waals surface area contributed by atoms with E-state index in [2.05, 4.69) is 15.8 Å². The summed E-state index contributed by atoms with van der Waals surface area (Å²) in [5.74, 6) is 0.0177. The Hall–Kier alpha value is -4.52. The summed E-state index contributed by atoms with van der Waals surface area (Å²) >= 11 is 0. The quantitative estimate of drug-likeness (QED) is 0.287. The third-order valence-electron chi connectivity index (χ3n) is 5.07. The zero-order valence-corrected chi connectivity index (χ0v) is 18.1. The van der Waals surface area contributed by atoms with E-state index in [-0.39, 0.29) is 24.1 Å². The van der Waals surface area contributed by atoms with Crippen LogP contribution in [0.1, 0.15) is 34.1 Å². The van der Waals surface area contributed by atoms with Gasteiger partial charge in [-0.05, 0) is 54.1 Å². The number of nitrogens with one attached hydrogen (secondary N) is 2. The van der Waals surface area contributed by atoms with Gasteiger partial charge >= 0.3 is 0 Å². The van der Waals surface area contributed by atoms with Crippen molar-refractivity contribution in [3.8, 4) is 11.3 Å². The van der Waals surface area contributed by atoms with Crippen molar-refractivity contribution < 1.29 is 18.4 Å². The van der Waals surface area contributed by atoms with Gasteiger partial charge in [0.15, 0.2) is 0 Å². The van der Waals surface area contributed by atoms with Crippen LogP contribution in [0.15, 0.2) is 107 Å². The van der Waals surface area contributed by atoms with Crippen LogP contribution >= 0.6 is 0 Å². The maximum absolute atomic E-state index is 13.1. The molecule has 7 heteroatoms. The second-order valence-electron chi connectivity index (χ2n) is 7.51. The molecule has 2 N–H and O–H groups in total. The molecular formula is C27H22FN3O3. The van der Waals surface area contributed by atoms with Crippen LogP contribution in [-0.4, -0.2) is 18.0 Å².